The summed E-state index contributed by atoms with van der Waals surface area (Å²) in [5, 5.41) is 10.4. The fourth-order valence-corrected chi connectivity index (χ4v) is 3.38. The molecule has 2 atom stereocenters. The number of rotatable bonds is 9. The number of nitrogens with two attached hydrogens (primary N) is 1. The van der Waals surface area contributed by atoms with Crippen molar-refractivity contribution in [3.05, 3.63) is 53.0 Å². The Bertz CT molecular complexity index is 891. The molecule has 0 aliphatic heterocycles. The number of hydrazone groups is 1. The number of anilines is 3. The Morgan fingerprint density at radius 3 is 2.86 bits per heavy atom. The number of nitrogens with zero attached hydrogens (tertiary/aromatic N) is 3. The zero-order valence-corrected chi connectivity index (χ0v) is 17.5. The molecule has 0 saturated carbocycles. The van der Waals surface area contributed by atoms with Crippen molar-refractivity contribution in [2.75, 3.05) is 10.6 Å². The van der Waals surface area contributed by atoms with Crippen LogP contribution in [-0.4, -0.2) is 22.7 Å². The largest absolute Gasteiger partial charge is 0.327 e. The zero-order valence-electron chi connectivity index (χ0n) is 17.5. The van der Waals surface area contributed by atoms with Crippen molar-refractivity contribution < 1.29 is 0 Å². The Morgan fingerprint density at radius 2 is 2.10 bits per heavy atom. The van der Waals surface area contributed by atoms with Crippen molar-refractivity contribution in [1.82, 2.24) is 15.4 Å². The third kappa shape index (κ3) is 5.77. The highest BCUT2D eigenvalue weighted by atomic mass is 15.3. The number of aromatic nitrogens is 2. The highest BCUT2D eigenvalue weighted by Gasteiger charge is 2.18. The minimum Gasteiger partial charge on any atom is -0.327 e. The van der Waals surface area contributed by atoms with E-state index in [4.69, 9.17) is 5.73 Å². The van der Waals surface area contributed by atoms with Crippen LogP contribution in [0.4, 0.5) is 17.5 Å². The highest BCUT2D eigenvalue weighted by molar-refractivity contribution is 5.59. The zero-order chi connectivity index (χ0) is 20.8. The van der Waals surface area contributed by atoms with Gasteiger partial charge in [-0.1, -0.05) is 26.3 Å². The average Bonchev–Trinajstić information content (AvgIpc) is 3.04. The van der Waals surface area contributed by atoms with Crippen molar-refractivity contribution in [1.29, 1.82) is 0 Å². The van der Waals surface area contributed by atoms with Gasteiger partial charge in [-0.2, -0.15) is 10.1 Å². The molecule has 5 N–H and O–H groups in total. The fraction of sp³-hybridized carbons (Fsp3) is 0.409. The summed E-state index contributed by atoms with van der Waals surface area (Å²) >= 11 is 0. The summed E-state index contributed by atoms with van der Waals surface area (Å²) in [6.07, 6.45) is 6.00. The maximum absolute atomic E-state index is 6.07. The van der Waals surface area contributed by atoms with Crippen LogP contribution in [-0.2, 0) is 12.8 Å². The molecule has 1 aromatic heterocycles. The molecule has 3 rings (SSSR count). The van der Waals surface area contributed by atoms with E-state index >= 15 is 0 Å². The van der Waals surface area contributed by atoms with Crippen LogP contribution in [0.25, 0.3) is 0 Å². The molecule has 154 valence electrons. The van der Waals surface area contributed by atoms with Gasteiger partial charge >= 0.3 is 0 Å². The van der Waals surface area contributed by atoms with Gasteiger partial charge in [-0.25, -0.2) is 4.98 Å². The van der Waals surface area contributed by atoms with Gasteiger partial charge in [-0.15, -0.1) is 0 Å². The third-order valence-electron chi connectivity index (χ3n) is 5.16. The van der Waals surface area contributed by atoms with E-state index in [-0.39, 0.29) is 6.04 Å². The lowest BCUT2D eigenvalue weighted by molar-refractivity contribution is 0.568. The fourth-order valence-electron chi connectivity index (χ4n) is 3.38. The van der Waals surface area contributed by atoms with Gasteiger partial charge in [0.15, 0.2) is 0 Å². The predicted octanol–water partition coefficient (Wildman–Crippen LogP) is 3.85. The number of aryl methyl sites for hydroxylation is 1. The molecule has 2 unspecified atom stereocenters. The van der Waals surface area contributed by atoms with Crippen molar-refractivity contribution in [2.24, 2.45) is 16.8 Å². The molecule has 1 aliphatic rings. The monoisotopic (exact) mass is 393 g/mol. The number of fused-ring (bicyclic) bond motifs is 1. The SMILES string of the molecule is C=NN/C(=C\CC(C)CC)Nc1cc(C)nc(Nc2ccc3c(c2)CC(N)C3)n1. The molecule has 0 radical (unpaired) electrons. The Balaban J connectivity index is 1.75. The Hall–Kier alpha value is -2.93. The molecular formula is C22H31N7. The van der Waals surface area contributed by atoms with E-state index in [1.807, 2.05) is 13.0 Å². The molecule has 0 saturated heterocycles. The van der Waals surface area contributed by atoms with E-state index in [9.17, 15) is 0 Å². The van der Waals surface area contributed by atoms with Crippen LogP contribution in [0.3, 0.4) is 0 Å². The van der Waals surface area contributed by atoms with Crippen LogP contribution in [0, 0.1) is 12.8 Å². The minimum absolute atomic E-state index is 0.220. The van der Waals surface area contributed by atoms with Crippen LogP contribution >= 0.6 is 0 Å². The molecule has 0 spiro atoms. The molecule has 2 aromatic rings. The van der Waals surface area contributed by atoms with Gasteiger partial charge < -0.3 is 16.4 Å². The normalized spacial score (nSPS) is 16.8. The quantitative estimate of drug-likeness (QED) is 0.381. The van der Waals surface area contributed by atoms with Gasteiger partial charge in [-0.05, 0) is 61.4 Å². The van der Waals surface area contributed by atoms with Gasteiger partial charge in [0.1, 0.15) is 11.6 Å². The van der Waals surface area contributed by atoms with Gasteiger partial charge in [-0.3, -0.25) is 5.43 Å². The predicted molar refractivity (Wildman–Crippen MR) is 120 cm³/mol. The molecule has 29 heavy (non-hydrogen) atoms. The lowest BCUT2D eigenvalue weighted by atomic mass is 10.1. The van der Waals surface area contributed by atoms with Crippen LogP contribution in [0.2, 0.25) is 0 Å². The maximum Gasteiger partial charge on any atom is 0.229 e. The summed E-state index contributed by atoms with van der Waals surface area (Å²) in [6, 6.07) is 8.44. The summed E-state index contributed by atoms with van der Waals surface area (Å²) in [7, 11) is 0. The molecule has 7 heteroatoms. The first-order chi connectivity index (χ1) is 14.0. The van der Waals surface area contributed by atoms with E-state index in [1.165, 1.54) is 11.1 Å². The molecule has 7 nitrogen and oxygen atoms in total. The smallest absolute Gasteiger partial charge is 0.229 e. The summed E-state index contributed by atoms with van der Waals surface area (Å²) in [5.74, 6) is 2.59. The van der Waals surface area contributed by atoms with E-state index in [1.54, 1.807) is 0 Å². The van der Waals surface area contributed by atoms with E-state index in [0.717, 1.165) is 42.9 Å². The second kappa shape index (κ2) is 9.52. The number of hydrogen-bond acceptors (Lipinski definition) is 7. The Kier molecular flexibility index (Phi) is 6.82. The molecule has 1 heterocycles. The number of hydrogen-bond donors (Lipinski definition) is 4. The van der Waals surface area contributed by atoms with Crippen LogP contribution in [0.15, 0.2) is 41.3 Å². The molecule has 1 aromatic carbocycles. The first-order valence-electron chi connectivity index (χ1n) is 10.2. The molecule has 0 bridgehead atoms. The Morgan fingerprint density at radius 1 is 1.31 bits per heavy atom. The summed E-state index contributed by atoms with van der Waals surface area (Å²) in [4.78, 5) is 9.12. The Labute approximate surface area is 172 Å². The van der Waals surface area contributed by atoms with Gasteiger partial charge in [0, 0.05) is 30.2 Å². The van der Waals surface area contributed by atoms with Crippen LogP contribution in [0.1, 0.15) is 43.5 Å². The third-order valence-corrected chi connectivity index (χ3v) is 5.16. The standard InChI is InChI=1S/C22H31N7/c1-5-14(2)6-9-20(29-24-4)27-21-10-15(3)25-22(28-21)26-19-8-7-16-11-18(23)12-17(16)13-19/h7-10,13-14,18,29H,4-6,11-12,23H2,1-3H3,(H2,25,26,27,28)/b20-9-. The second-order valence-corrected chi connectivity index (χ2v) is 7.76. The summed E-state index contributed by atoms with van der Waals surface area (Å²) < 4.78 is 0. The number of nitrogens with one attached hydrogen (secondary N) is 3. The van der Waals surface area contributed by atoms with E-state index in [0.29, 0.717) is 17.7 Å². The number of benzene rings is 1. The van der Waals surface area contributed by atoms with E-state index < -0.39 is 0 Å². The van der Waals surface area contributed by atoms with Crippen LogP contribution < -0.4 is 21.8 Å². The number of allylic oxidation sites excluding steroid dienone is 1. The minimum atomic E-state index is 0.220. The first kappa shape index (κ1) is 20.8. The lowest BCUT2D eigenvalue weighted by Crippen LogP contribution is -2.18. The summed E-state index contributed by atoms with van der Waals surface area (Å²) in [5.41, 5.74) is 13.4. The topological polar surface area (TPSA) is 100 Å². The molecule has 0 amide bonds. The molecular weight excluding hydrogens is 362 g/mol. The van der Waals surface area contributed by atoms with Gasteiger partial charge in [0.25, 0.3) is 0 Å². The van der Waals surface area contributed by atoms with Crippen molar-refractivity contribution in [3.8, 4) is 0 Å². The molecule has 0 fully saturated rings. The average molecular weight is 394 g/mol. The van der Waals surface area contributed by atoms with E-state index in [2.05, 4.69) is 76.0 Å². The van der Waals surface area contributed by atoms with Gasteiger partial charge in [0.2, 0.25) is 5.95 Å². The van der Waals surface area contributed by atoms with Crippen molar-refractivity contribution in [2.45, 2.75) is 52.5 Å². The second-order valence-electron chi connectivity index (χ2n) is 7.76. The summed E-state index contributed by atoms with van der Waals surface area (Å²) in [6.45, 7) is 9.87. The lowest BCUT2D eigenvalue weighted by Gasteiger charge is -2.13. The van der Waals surface area contributed by atoms with Gasteiger partial charge in [0.05, 0.1) is 0 Å². The van der Waals surface area contributed by atoms with Crippen LogP contribution in [0.5, 0.6) is 0 Å². The highest BCUT2D eigenvalue weighted by Crippen LogP contribution is 2.26. The molecule has 1 aliphatic carbocycles. The maximum atomic E-state index is 6.07. The first-order valence-corrected chi connectivity index (χ1v) is 10.2. The van der Waals surface area contributed by atoms with Crippen molar-refractivity contribution >= 4 is 24.2 Å². The van der Waals surface area contributed by atoms with Crippen molar-refractivity contribution in [3.63, 3.8) is 0 Å².